The second kappa shape index (κ2) is 2.28. The first-order chi connectivity index (χ1) is 3.83. The molecule has 1 atom stereocenters. The van der Waals surface area contributed by atoms with Gasteiger partial charge in [-0.05, 0) is 11.8 Å². The largest absolute Gasteiger partial charge is 0.489 e. The lowest BCUT2D eigenvalue weighted by Crippen LogP contribution is -2.25. The molecule has 0 fully saturated rings. The Morgan fingerprint density at radius 2 is 2.75 bits per heavy atom. The van der Waals surface area contributed by atoms with E-state index in [9.17, 15) is 0 Å². The molecule has 0 bridgehead atoms. The van der Waals surface area contributed by atoms with Crippen LogP contribution in [-0.2, 0) is 4.74 Å². The molecule has 3 N–H and O–H groups in total. The van der Waals surface area contributed by atoms with Gasteiger partial charge in [-0.3, -0.25) is 0 Å². The van der Waals surface area contributed by atoms with Gasteiger partial charge in [-0.15, -0.1) is 0 Å². The molecule has 1 aliphatic rings. The van der Waals surface area contributed by atoms with Crippen molar-refractivity contribution in [1.29, 1.82) is 0 Å². The lowest BCUT2D eigenvalue weighted by atomic mass is 10.9. The summed E-state index contributed by atoms with van der Waals surface area (Å²) in [7, 11) is 1.62. The van der Waals surface area contributed by atoms with Crippen LogP contribution in [0.1, 0.15) is 0 Å². The van der Waals surface area contributed by atoms with Crippen LogP contribution in [0.5, 0.6) is 0 Å². The van der Waals surface area contributed by atoms with Crippen LogP contribution in [0, 0.1) is 0 Å². The molecule has 46 valence electrons. The van der Waals surface area contributed by atoms with E-state index in [1.54, 1.807) is 13.3 Å². The zero-order valence-corrected chi connectivity index (χ0v) is 5.37. The Hall–Kier alpha value is -0.350. The van der Waals surface area contributed by atoms with Gasteiger partial charge in [0.15, 0.2) is 5.09 Å². The minimum absolute atomic E-state index is 0.0232. The van der Waals surface area contributed by atoms with E-state index in [1.807, 2.05) is 0 Å². The molecule has 0 saturated carbocycles. The van der Waals surface area contributed by atoms with Gasteiger partial charge in [0.1, 0.15) is 5.50 Å². The van der Waals surface area contributed by atoms with E-state index in [0.717, 1.165) is 5.09 Å². The first-order valence-electron chi connectivity index (χ1n) is 2.25. The van der Waals surface area contributed by atoms with E-state index in [-0.39, 0.29) is 5.50 Å². The lowest BCUT2D eigenvalue weighted by Gasteiger charge is -1.99. The fourth-order valence-corrected chi connectivity index (χ4v) is 1.07. The SMILES string of the molecule is COC1=CNC(N)S1. The maximum absolute atomic E-state index is 5.42. The van der Waals surface area contributed by atoms with Gasteiger partial charge in [0.05, 0.1) is 7.11 Å². The Balaban J connectivity index is 2.37. The summed E-state index contributed by atoms with van der Waals surface area (Å²) in [6, 6.07) is 0. The summed E-state index contributed by atoms with van der Waals surface area (Å²) in [4.78, 5) is 0. The number of rotatable bonds is 1. The highest BCUT2D eigenvalue weighted by molar-refractivity contribution is 8.03. The van der Waals surface area contributed by atoms with Crippen molar-refractivity contribution in [2.24, 2.45) is 5.73 Å². The van der Waals surface area contributed by atoms with E-state index in [1.165, 1.54) is 11.8 Å². The van der Waals surface area contributed by atoms with Crippen molar-refractivity contribution in [3.05, 3.63) is 11.3 Å². The zero-order chi connectivity index (χ0) is 5.98. The Labute approximate surface area is 52.3 Å². The normalized spacial score (nSPS) is 26.8. The summed E-state index contributed by atoms with van der Waals surface area (Å²) >= 11 is 1.47. The molecule has 3 nitrogen and oxygen atoms in total. The van der Waals surface area contributed by atoms with Crippen molar-refractivity contribution in [3.8, 4) is 0 Å². The van der Waals surface area contributed by atoms with Gasteiger partial charge in [-0.1, -0.05) is 0 Å². The van der Waals surface area contributed by atoms with Crippen molar-refractivity contribution in [3.63, 3.8) is 0 Å². The number of hydrogen-bond donors (Lipinski definition) is 2. The molecule has 1 unspecified atom stereocenters. The monoisotopic (exact) mass is 132 g/mol. The van der Waals surface area contributed by atoms with Crippen LogP contribution in [0.4, 0.5) is 0 Å². The smallest absolute Gasteiger partial charge is 0.171 e. The quantitative estimate of drug-likeness (QED) is 0.527. The highest BCUT2D eigenvalue weighted by Crippen LogP contribution is 2.21. The van der Waals surface area contributed by atoms with E-state index in [0.29, 0.717) is 0 Å². The summed E-state index contributed by atoms with van der Waals surface area (Å²) in [5.41, 5.74) is 5.40. The Kier molecular flexibility index (Phi) is 1.65. The van der Waals surface area contributed by atoms with Gasteiger partial charge < -0.3 is 15.8 Å². The molecule has 0 aromatic heterocycles. The molecule has 0 aromatic rings. The predicted molar refractivity (Wildman–Crippen MR) is 33.8 cm³/mol. The average molecular weight is 132 g/mol. The van der Waals surface area contributed by atoms with Crippen molar-refractivity contribution >= 4 is 11.8 Å². The Bertz CT molecular complexity index is 115. The summed E-state index contributed by atoms with van der Waals surface area (Å²) in [5, 5.41) is 3.72. The van der Waals surface area contributed by atoms with E-state index in [2.05, 4.69) is 5.32 Å². The van der Waals surface area contributed by atoms with Crippen molar-refractivity contribution in [2.45, 2.75) is 5.50 Å². The average Bonchev–Trinajstić information content (AvgIpc) is 2.14. The fourth-order valence-electron chi connectivity index (χ4n) is 0.450. The first kappa shape index (κ1) is 5.78. The molecule has 0 spiro atoms. The highest BCUT2D eigenvalue weighted by Gasteiger charge is 2.11. The third-order valence-corrected chi connectivity index (χ3v) is 1.72. The molecule has 0 aromatic carbocycles. The maximum atomic E-state index is 5.42. The van der Waals surface area contributed by atoms with Crippen LogP contribution < -0.4 is 11.1 Å². The highest BCUT2D eigenvalue weighted by atomic mass is 32.2. The van der Waals surface area contributed by atoms with Crippen LogP contribution in [0.15, 0.2) is 11.3 Å². The molecule has 1 aliphatic heterocycles. The molecule has 1 rings (SSSR count). The molecule has 0 aliphatic carbocycles. The first-order valence-corrected chi connectivity index (χ1v) is 3.13. The Morgan fingerprint density at radius 1 is 2.00 bits per heavy atom. The number of ether oxygens (including phenoxy) is 1. The Morgan fingerprint density at radius 3 is 3.00 bits per heavy atom. The molecule has 4 heteroatoms. The summed E-state index contributed by atoms with van der Waals surface area (Å²) in [5.74, 6) is 0. The number of thioether (sulfide) groups is 1. The zero-order valence-electron chi connectivity index (χ0n) is 4.55. The van der Waals surface area contributed by atoms with E-state index < -0.39 is 0 Å². The fraction of sp³-hybridized carbons (Fsp3) is 0.500. The van der Waals surface area contributed by atoms with Crippen molar-refractivity contribution in [1.82, 2.24) is 5.32 Å². The molecule has 1 heterocycles. The number of nitrogens with two attached hydrogens (primary N) is 1. The molecule has 0 amide bonds. The molecular formula is C4H8N2OS. The topological polar surface area (TPSA) is 47.3 Å². The number of nitrogens with one attached hydrogen (secondary N) is 1. The number of hydrogen-bond acceptors (Lipinski definition) is 4. The molecular weight excluding hydrogens is 124 g/mol. The second-order valence-electron chi connectivity index (χ2n) is 1.37. The van der Waals surface area contributed by atoms with Crippen LogP contribution >= 0.6 is 11.8 Å². The van der Waals surface area contributed by atoms with Crippen molar-refractivity contribution < 1.29 is 4.74 Å². The molecule has 0 radical (unpaired) electrons. The van der Waals surface area contributed by atoms with Gasteiger partial charge in [0.25, 0.3) is 0 Å². The van der Waals surface area contributed by atoms with Gasteiger partial charge >= 0.3 is 0 Å². The summed E-state index contributed by atoms with van der Waals surface area (Å²) in [6.07, 6.45) is 1.76. The minimum Gasteiger partial charge on any atom is -0.489 e. The third-order valence-electron chi connectivity index (χ3n) is 0.810. The van der Waals surface area contributed by atoms with Gasteiger partial charge in [-0.25, -0.2) is 0 Å². The standard InChI is InChI=1S/C4H8N2OS/c1-7-3-2-6-4(5)8-3/h2,4,6H,5H2,1H3. The minimum atomic E-state index is -0.0232. The van der Waals surface area contributed by atoms with Crippen LogP contribution in [0.2, 0.25) is 0 Å². The second-order valence-corrected chi connectivity index (χ2v) is 2.52. The van der Waals surface area contributed by atoms with Crippen LogP contribution in [0.3, 0.4) is 0 Å². The van der Waals surface area contributed by atoms with Gasteiger partial charge in [-0.2, -0.15) is 0 Å². The molecule has 8 heavy (non-hydrogen) atoms. The lowest BCUT2D eigenvalue weighted by molar-refractivity contribution is 0.324. The van der Waals surface area contributed by atoms with Crippen LogP contribution in [0.25, 0.3) is 0 Å². The van der Waals surface area contributed by atoms with Crippen LogP contribution in [-0.4, -0.2) is 12.6 Å². The summed E-state index contributed by atoms with van der Waals surface area (Å²) < 4.78 is 4.86. The maximum Gasteiger partial charge on any atom is 0.171 e. The predicted octanol–water partition coefficient (Wildman–Crippen LogP) is 0.0104. The van der Waals surface area contributed by atoms with Crippen molar-refractivity contribution in [2.75, 3.05) is 7.11 Å². The number of methoxy groups -OCH3 is 1. The van der Waals surface area contributed by atoms with E-state index in [4.69, 9.17) is 10.5 Å². The van der Waals surface area contributed by atoms with Gasteiger partial charge in [0.2, 0.25) is 0 Å². The summed E-state index contributed by atoms with van der Waals surface area (Å²) in [6.45, 7) is 0. The molecule has 0 saturated heterocycles. The third kappa shape index (κ3) is 1.08. The van der Waals surface area contributed by atoms with E-state index >= 15 is 0 Å². The van der Waals surface area contributed by atoms with Gasteiger partial charge in [0, 0.05) is 6.20 Å².